The summed E-state index contributed by atoms with van der Waals surface area (Å²) in [6, 6.07) is 0. The van der Waals surface area contributed by atoms with Gasteiger partial charge in [0.15, 0.2) is 0 Å². The first-order valence-electron chi connectivity index (χ1n) is 7.83. The van der Waals surface area contributed by atoms with Crippen LogP contribution in [0.3, 0.4) is 0 Å². The van der Waals surface area contributed by atoms with Crippen molar-refractivity contribution >= 4 is 0 Å². The number of nitrogens with one attached hydrogen (secondary N) is 2. The lowest BCUT2D eigenvalue weighted by Gasteiger charge is -2.14. The second kappa shape index (κ2) is 13.7. The van der Waals surface area contributed by atoms with Gasteiger partial charge < -0.3 is 30.1 Å². The van der Waals surface area contributed by atoms with Crippen molar-refractivity contribution in [2.24, 2.45) is 0 Å². The number of aliphatic hydroxyl groups excluding tert-OH is 1. The zero-order chi connectivity index (χ0) is 14.3. The summed E-state index contributed by atoms with van der Waals surface area (Å²) in [5, 5.41) is 15.1. The highest BCUT2D eigenvalue weighted by atomic mass is 16.5. The summed E-state index contributed by atoms with van der Waals surface area (Å²) < 4.78 is 10.6. The number of likely N-dealkylation sites (tertiary alicyclic amines) is 1. The Morgan fingerprint density at radius 3 is 1.95 bits per heavy atom. The molecule has 0 aromatic rings. The summed E-state index contributed by atoms with van der Waals surface area (Å²) in [6.45, 7) is 9.97. The van der Waals surface area contributed by atoms with Crippen LogP contribution in [0.2, 0.25) is 0 Å². The molecule has 0 saturated carbocycles. The van der Waals surface area contributed by atoms with E-state index in [1.54, 1.807) is 0 Å². The van der Waals surface area contributed by atoms with Gasteiger partial charge in [-0.3, -0.25) is 0 Å². The molecule has 1 aliphatic heterocycles. The zero-order valence-corrected chi connectivity index (χ0v) is 12.6. The summed E-state index contributed by atoms with van der Waals surface area (Å²) in [6.07, 6.45) is 2.72. The highest BCUT2D eigenvalue weighted by Gasteiger charge is 2.09. The van der Waals surface area contributed by atoms with Crippen LogP contribution in [0.4, 0.5) is 0 Å². The van der Waals surface area contributed by atoms with Gasteiger partial charge in [-0.1, -0.05) is 0 Å². The van der Waals surface area contributed by atoms with Gasteiger partial charge in [-0.2, -0.15) is 0 Å². The Hall–Kier alpha value is -0.240. The van der Waals surface area contributed by atoms with Crippen LogP contribution in [-0.2, 0) is 9.47 Å². The van der Waals surface area contributed by atoms with Crippen molar-refractivity contribution in [3.8, 4) is 0 Å². The third-order valence-electron chi connectivity index (χ3n) is 3.31. The van der Waals surface area contributed by atoms with Gasteiger partial charge >= 0.3 is 0 Å². The second-order valence-electron chi connectivity index (χ2n) is 5.00. The molecule has 3 N–H and O–H groups in total. The lowest BCUT2D eigenvalue weighted by atomic mass is 10.4. The van der Waals surface area contributed by atoms with Crippen molar-refractivity contribution in [1.82, 2.24) is 15.5 Å². The molecule has 1 saturated heterocycles. The Morgan fingerprint density at radius 1 is 0.800 bits per heavy atom. The fraction of sp³-hybridized carbons (Fsp3) is 1.00. The van der Waals surface area contributed by atoms with E-state index in [1.165, 1.54) is 25.9 Å². The molecule has 0 radical (unpaired) electrons. The summed E-state index contributed by atoms with van der Waals surface area (Å²) in [5.41, 5.74) is 0. The first kappa shape index (κ1) is 17.8. The maximum atomic E-state index is 8.52. The van der Waals surface area contributed by atoms with Crippen molar-refractivity contribution in [3.63, 3.8) is 0 Å². The van der Waals surface area contributed by atoms with Crippen LogP contribution in [0.5, 0.6) is 0 Å². The SMILES string of the molecule is OCCOCCNCCOCCNCCN1CCCC1. The molecule has 0 aromatic heterocycles. The molecular weight excluding hydrogens is 258 g/mol. The van der Waals surface area contributed by atoms with E-state index in [0.29, 0.717) is 13.2 Å². The molecule has 6 heteroatoms. The van der Waals surface area contributed by atoms with Crippen LogP contribution < -0.4 is 10.6 Å². The Kier molecular flexibility index (Phi) is 12.2. The Bertz CT molecular complexity index is 202. The van der Waals surface area contributed by atoms with Gasteiger partial charge in [0.1, 0.15) is 0 Å². The van der Waals surface area contributed by atoms with E-state index < -0.39 is 0 Å². The van der Waals surface area contributed by atoms with Crippen LogP contribution in [-0.4, -0.2) is 88.9 Å². The molecule has 0 aliphatic carbocycles. The van der Waals surface area contributed by atoms with Crippen molar-refractivity contribution in [3.05, 3.63) is 0 Å². The molecular formula is C14H31N3O3. The highest BCUT2D eigenvalue weighted by molar-refractivity contribution is 4.66. The standard InChI is InChI=1S/C14H31N3O3/c18-10-14-20-13-6-16-5-12-19-11-4-15-3-9-17-7-1-2-8-17/h15-16,18H,1-14H2. The molecule has 6 nitrogen and oxygen atoms in total. The molecule has 1 fully saturated rings. The summed E-state index contributed by atoms with van der Waals surface area (Å²) in [4.78, 5) is 2.51. The Balaban J connectivity index is 1.66. The summed E-state index contributed by atoms with van der Waals surface area (Å²) in [7, 11) is 0. The topological polar surface area (TPSA) is 66.0 Å². The van der Waals surface area contributed by atoms with Gasteiger partial charge in [0.2, 0.25) is 0 Å². The minimum Gasteiger partial charge on any atom is -0.394 e. The smallest absolute Gasteiger partial charge is 0.0698 e. The predicted octanol–water partition coefficient (Wildman–Crippen LogP) is -0.713. The molecule has 120 valence electrons. The zero-order valence-electron chi connectivity index (χ0n) is 12.6. The summed E-state index contributed by atoms with van der Waals surface area (Å²) in [5.74, 6) is 0. The molecule has 0 spiro atoms. The average Bonchev–Trinajstić information content (AvgIpc) is 2.97. The molecule has 1 rings (SSSR count). The van der Waals surface area contributed by atoms with E-state index in [2.05, 4.69) is 15.5 Å². The van der Waals surface area contributed by atoms with Crippen molar-refractivity contribution in [2.75, 3.05) is 78.8 Å². The third kappa shape index (κ3) is 10.5. The first-order chi connectivity index (χ1) is 9.93. The predicted molar refractivity (Wildman–Crippen MR) is 80.1 cm³/mol. The van der Waals surface area contributed by atoms with Gasteiger partial charge in [-0.25, -0.2) is 0 Å². The lowest BCUT2D eigenvalue weighted by Crippen LogP contribution is -2.32. The number of hydrogen-bond acceptors (Lipinski definition) is 6. The van der Waals surface area contributed by atoms with Crippen molar-refractivity contribution < 1.29 is 14.6 Å². The number of ether oxygens (including phenoxy) is 2. The molecule has 1 heterocycles. The molecule has 1 aliphatic rings. The van der Waals surface area contributed by atoms with E-state index >= 15 is 0 Å². The molecule has 20 heavy (non-hydrogen) atoms. The molecule has 0 aromatic carbocycles. The molecule has 0 unspecified atom stereocenters. The lowest BCUT2D eigenvalue weighted by molar-refractivity contribution is 0.0910. The van der Waals surface area contributed by atoms with E-state index in [0.717, 1.165) is 45.9 Å². The minimum atomic E-state index is 0.0911. The van der Waals surface area contributed by atoms with E-state index in [-0.39, 0.29) is 6.61 Å². The van der Waals surface area contributed by atoms with Gasteiger partial charge in [-0.05, 0) is 25.9 Å². The first-order valence-corrected chi connectivity index (χ1v) is 7.83. The highest BCUT2D eigenvalue weighted by Crippen LogP contribution is 2.05. The van der Waals surface area contributed by atoms with Crippen LogP contribution in [0, 0.1) is 0 Å². The number of rotatable bonds is 14. The van der Waals surface area contributed by atoms with Gasteiger partial charge in [0, 0.05) is 32.7 Å². The fourth-order valence-corrected chi connectivity index (χ4v) is 2.20. The monoisotopic (exact) mass is 289 g/mol. The normalized spacial score (nSPS) is 16.1. The van der Waals surface area contributed by atoms with Gasteiger partial charge in [-0.15, -0.1) is 0 Å². The largest absolute Gasteiger partial charge is 0.394 e. The Morgan fingerprint density at radius 2 is 1.35 bits per heavy atom. The molecule has 0 atom stereocenters. The molecule has 0 bridgehead atoms. The number of hydrogen-bond donors (Lipinski definition) is 3. The van der Waals surface area contributed by atoms with Crippen molar-refractivity contribution in [2.45, 2.75) is 12.8 Å². The fourth-order valence-electron chi connectivity index (χ4n) is 2.20. The average molecular weight is 289 g/mol. The minimum absolute atomic E-state index is 0.0911. The maximum absolute atomic E-state index is 8.52. The Labute approximate surface area is 122 Å². The van der Waals surface area contributed by atoms with E-state index in [9.17, 15) is 0 Å². The van der Waals surface area contributed by atoms with Gasteiger partial charge in [0.25, 0.3) is 0 Å². The van der Waals surface area contributed by atoms with Crippen LogP contribution in [0.25, 0.3) is 0 Å². The second-order valence-corrected chi connectivity index (χ2v) is 5.00. The number of nitrogens with zero attached hydrogens (tertiary/aromatic N) is 1. The van der Waals surface area contributed by atoms with E-state index in [4.69, 9.17) is 14.6 Å². The summed E-state index contributed by atoms with van der Waals surface area (Å²) >= 11 is 0. The molecule has 0 amide bonds. The van der Waals surface area contributed by atoms with Crippen LogP contribution in [0.1, 0.15) is 12.8 Å². The van der Waals surface area contributed by atoms with Crippen LogP contribution in [0.15, 0.2) is 0 Å². The third-order valence-corrected chi connectivity index (χ3v) is 3.31. The van der Waals surface area contributed by atoms with Crippen molar-refractivity contribution in [1.29, 1.82) is 0 Å². The maximum Gasteiger partial charge on any atom is 0.0698 e. The van der Waals surface area contributed by atoms with Gasteiger partial charge in [0.05, 0.1) is 33.0 Å². The number of aliphatic hydroxyl groups is 1. The van der Waals surface area contributed by atoms with Crippen LogP contribution >= 0.6 is 0 Å². The van der Waals surface area contributed by atoms with E-state index in [1.807, 2.05) is 0 Å². The quantitative estimate of drug-likeness (QED) is 0.367.